The fraction of sp³-hybridized carbons (Fsp3) is 0.385. The molecule has 2 aromatic carbocycles. The van der Waals surface area contributed by atoms with Gasteiger partial charge in [0, 0.05) is 12.3 Å². The molecule has 7 heteroatoms. The zero-order valence-corrected chi connectivity index (χ0v) is 19.2. The lowest BCUT2D eigenvalue weighted by Crippen LogP contribution is -2.47. The lowest BCUT2D eigenvalue weighted by molar-refractivity contribution is -0.150. The number of likely N-dealkylation sites (tertiary alicyclic amines) is 1. The quantitative estimate of drug-likeness (QED) is 0.704. The number of ether oxygens (including phenoxy) is 1. The van der Waals surface area contributed by atoms with Gasteiger partial charge in [0.05, 0.1) is 36.4 Å². The van der Waals surface area contributed by atoms with E-state index in [-0.39, 0.29) is 30.3 Å². The largest absolute Gasteiger partial charge is 0.466 e. The van der Waals surface area contributed by atoms with E-state index in [1.54, 1.807) is 0 Å². The van der Waals surface area contributed by atoms with Gasteiger partial charge in [-0.3, -0.25) is 19.5 Å². The molecular weight excluding hydrogens is 416 g/mol. The number of esters is 1. The van der Waals surface area contributed by atoms with E-state index in [2.05, 4.69) is 5.32 Å². The van der Waals surface area contributed by atoms with Crippen LogP contribution in [0.25, 0.3) is 0 Å². The summed E-state index contributed by atoms with van der Waals surface area (Å²) >= 11 is 0. The third kappa shape index (κ3) is 5.54. The zero-order chi connectivity index (χ0) is 23.2. The van der Waals surface area contributed by atoms with Crippen LogP contribution in [0.15, 0.2) is 64.6 Å². The van der Waals surface area contributed by atoms with Crippen LogP contribution in [0.5, 0.6) is 0 Å². The predicted molar refractivity (Wildman–Crippen MR) is 129 cm³/mol. The Labute approximate surface area is 194 Å². The Kier molecular flexibility index (Phi) is 7.29. The number of hydrogen-bond acceptors (Lipinski definition) is 6. The molecule has 0 radical (unpaired) electrons. The van der Waals surface area contributed by atoms with Crippen LogP contribution in [0.1, 0.15) is 38.2 Å². The first-order valence-electron chi connectivity index (χ1n) is 11.5. The van der Waals surface area contributed by atoms with Crippen molar-refractivity contribution >= 4 is 34.8 Å². The summed E-state index contributed by atoms with van der Waals surface area (Å²) in [4.78, 5) is 36.9. The summed E-state index contributed by atoms with van der Waals surface area (Å²) in [7, 11) is 0. The molecule has 1 amide bonds. The maximum atomic E-state index is 13.1. The van der Waals surface area contributed by atoms with E-state index in [1.165, 1.54) is 0 Å². The molecule has 0 aromatic heterocycles. The monoisotopic (exact) mass is 446 g/mol. The van der Waals surface area contributed by atoms with Crippen LogP contribution in [-0.4, -0.2) is 54.6 Å². The summed E-state index contributed by atoms with van der Waals surface area (Å²) in [5.41, 5.74) is 3.40. The van der Waals surface area contributed by atoms with E-state index < -0.39 is 0 Å². The van der Waals surface area contributed by atoms with Gasteiger partial charge in [-0.25, -0.2) is 4.99 Å². The van der Waals surface area contributed by atoms with Gasteiger partial charge in [0.25, 0.3) is 0 Å². The molecule has 1 fully saturated rings. The smallest absolute Gasteiger partial charge is 0.310 e. The average molecular weight is 447 g/mol. The number of hydrogen-bond donors (Lipinski definition) is 1. The van der Waals surface area contributed by atoms with Crippen molar-refractivity contribution in [3.8, 4) is 0 Å². The van der Waals surface area contributed by atoms with Crippen molar-refractivity contribution in [1.29, 1.82) is 0 Å². The number of rotatable bonds is 5. The average Bonchev–Trinajstić information content (AvgIpc) is 2.95. The Bertz CT molecular complexity index is 1060. The number of amides is 1. The molecule has 1 saturated heterocycles. The normalized spacial score (nSPS) is 20.7. The molecule has 0 spiro atoms. The molecule has 2 aliphatic rings. The molecule has 0 bridgehead atoms. The van der Waals surface area contributed by atoms with E-state index >= 15 is 0 Å². The highest BCUT2D eigenvalue weighted by atomic mass is 16.5. The summed E-state index contributed by atoms with van der Waals surface area (Å²) in [6, 6.07) is 17.6. The van der Waals surface area contributed by atoms with E-state index in [4.69, 9.17) is 14.7 Å². The molecule has 33 heavy (non-hydrogen) atoms. The van der Waals surface area contributed by atoms with Gasteiger partial charge in [-0.05, 0) is 50.9 Å². The van der Waals surface area contributed by atoms with Gasteiger partial charge in [0.15, 0.2) is 0 Å². The highest BCUT2D eigenvalue weighted by Crippen LogP contribution is 2.34. The van der Waals surface area contributed by atoms with E-state index in [9.17, 15) is 9.59 Å². The predicted octanol–water partition coefficient (Wildman–Crippen LogP) is 4.00. The SMILES string of the molecule is CCOC(=O)[C@H]1CCCN(CC(=O)NC2=Nc3ccccc3N=C(C)[C@H]2c2ccccc2)C1. The third-order valence-electron chi connectivity index (χ3n) is 6.00. The number of amidine groups is 1. The molecule has 2 aliphatic heterocycles. The van der Waals surface area contributed by atoms with Crippen LogP contribution < -0.4 is 5.32 Å². The summed E-state index contributed by atoms with van der Waals surface area (Å²) in [6.07, 6.45) is 1.66. The highest BCUT2D eigenvalue weighted by Gasteiger charge is 2.30. The number of carbonyl (C=O) groups is 2. The second-order valence-corrected chi connectivity index (χ2v) is 8.46. The highest BCUT2D eigenvalue weighted by molar-refractivity contribution is 6.17. The topological polar surface area (TPSA) is 83.4 Å². The maximum Gasteiger partial charge on any atom is 0.310 e. The Hall–Kier alpha value is -3.32. The molecule has 0 unspecified atom stereocenters. The first-order valence-corrected chi connectivity index (χ1v) is 11.5. The Morgan fingerprint density at radius 2 is 1.76 bits per heavy atom. The van der Waals surface area contributed by atoms with Crippen molar-refractivity contribution in [2.24, 2.45) is 15.9 Å². The van der Waals surface area contributed by atoms with Crippen molar-refractivity contribution in [1.82, 2.24) is 10.2 Å². The first-order chi connectivity index (χ1) is 16.0. The summed E-state index contributed by atoms with van der Waals surface area (Å²) in [5, 5.41) is 3.07. The minimum atomic E-state index is -0.254. The number of para-hydroxylation sites is 2. The van der Waals surface area contributed by atoms with Crippen molar-refractivity contribution in [2.75, 3.05) is 26.2 Å². The van der Waals surface area contributed by atoms with Gasteiger partial charge in [0.2, 0.25) is 5.91 Å². The van der Waals surface area contributed by atoms with Crippen LogP contribution in [0.2, 0.25) is 0 Å². The minimum Gasteiger partial charge on any atom is -0.466 e. The van der Waals surface area contributed by atoms with E-state index in [1.807, 2.05) is 73.3 Å². The lowest BCUT2D eigenvalue weighted by atomic mass is 9.93. The zero-order valence-electron chi connectivity index (χ0n) is 19.2. The summed E-state index contributed by atoms with van der Waals surface area (Å²) in [5.74, 6) is -0.192. The molecule has 2 atom stereocenters. The van der Waals surface area contributed by atoms with Crippen molar-refractivity contribution in [3.63, 3.8) is 0 Å². The second-order valence-electron chi connectivity index (χ2n) is 8.46. The summed E-state index contributed by atoms with van der Waals surface area (Å²) < 4.78 is 5.18. The molecule has 0 saturated carbocycles. The molecule has 172 valence electrons. The molecule has 4 rings (SSSR count). The number of piperidine rings is 1. The fourth-order valence-electron chi connectivity index (χ4n) is 4.48. The number of nitrogens with zero attached hydrogens (tertiary/aromatic N) is 3. The molecule has 0 aliphatic carbocycles. The lowest BCUT2D eigenvalue weighted by Gasteiger charge is -2.31. The third-order valence-corrected chi connectivity index (χ3v) is 6.00. The van der Waals surface area contributed by atoms with Crippen molar-refractivity contribution in [2.45, 2.75) is 32.6 Å². The van der Waals surface area contributed by atoms with Crippen LogP contribution >= 0.6 is 0 Å². The number of fused-ring (bicyclic) bond motifs is 1. The van der Waals surface area contributed by atoms with Crippen LogP contribution in [0.3, 0.4) is 0 Å². The molecule has 2 heterocycles. The van der Waals surface area contributed by atoms with Crippen LogP contribution in [0.4, 0.5) is 11.4 Å². The molecule has 7 nitrogen and oxygen atoms in total. The van der Waals surface area contributed by atoms with E-state index in [0.717, 1.165) is 42.0 Å². The van der Waals surface area contributed by atoms with Gasteiger partial charge in [-0.2, -0.15) is 0 Å². The van der Waals surface area contributed by atoms with E-state index in [0.29, 0.717) is 19.0 Å². The second kappa shape index (κ2) is 10.5. The van der Waals surface area contributed by atoms with Gasteiger partial charge in [-0.1, -0.05) is 42.5 Å². The first kappa shape index (κ1) is 22.9. The van der Waals surface area contributed by atoms with Gasteiger partial charge >= 0.3 is 5.97 Å². The number of carbonyl (C=O) groups excluding carboxylic acids is 2. The Morgan fingerprint density at radius 3 is 2.48 bits per heavy atom. The van der Waals surface area contributed by atoms with Crippen molar-refractivity contribution in [3.05, 3.63) is 60.2 Å². The summed E-state index contributed by atoms with van der Waals surface area (Å²) in [6.45, 7) is 5.67. The standard InChI is InChI=1S/C26H30N4O3/c1-3-33-26(32)20-12-9-15-30(16-20)17-23(31)29-25-24(19-10-5-4-6-11-19)18(2)27-21-13-7-8-14-22(21)28-25/h4-8,10-11,13-14,20,24H,3,9,12,15-17H2,1-2H3,(H,28,29,31)/t20-,24-/m0/s1. The number of aliphatic imine (C=N–C) groups is 2. The minimum absolute atomic E-state index is 0.147. The molecule has 1 N–H and O–H groups in total. The van der Waals surface area contributed by atoms with Crippen molar-refractivity contribution < 1.29 is 14.3 Å². The Morgan fingerprint density at radius 1 is 1.06 bits per heavy atom. The molecular formula is C26H30N4O3. The van der Waals surface area contributed by atoms with Crippen LogP contribution in [-0.2, 0) is 14.3 Å². The Balaban J connectivity index is 1.54. The van der Waals surface area contributed by atoms with Crippen LogP contribution in [0, 0.1) is 5.92 Å². The number of nitrogens with one attached hydrogen (secondary N) is 1. The molecule has 2 aromatic rings. The van der Waals surface area contributed by atoms with Gasteiger partial charge < -0.3 is 10.1 Å². The van der Waals surface area contributed by atoms with Gasteiger partial charge in [0.1, 0.15) is 5.84 Å². The fourth-order valence-corrected chi connectivity index (χ4v) is 4.48. The number of benzene rings is 2. The van der Waals surface area contributed by atoms with Gasteiger partial charge in [-0.15, -0.1) is 0 Å². The maximum absolute atomic E-state index is 13.1.